The van der Waals surface area contributed by atoms with E-state index in [1.54, 1.807) is 18.5 Å². The highest BCUT2D eigenvalue weighted by Gasteiger charge is 2.27. The van der Waals surface area contributed by atoms with Gasteiger partial charge in [-0.15, -0.1) is 0 Å². The molecule has 12 nitrogen and oxygen atoms in total. The number of anilines is 2. The first-order valence-electron chi connectivity index (χ1n) is 12.0. The lowest BCUT2D eigenvalue weighted by Gasteiger charge is -2.35. The SMILES string of the molecule is O=C(NCC(NS(=O)(=O)c1ccc(O)cc1)C(=O)O)c1ccc(N2CCCC(Nc3ncccn3)C2)c(F)c1. The van der Waals surface area contributed by atoms with Gasteiger partial charge in [0, 0.05) is 43.6 Å². The number of carbonyl (C=O) groups excluding carboxylic acids is 1. The van der Waals surface area contributed by atoms with Crippen LogP contribution in [0, 0.1) is 5.82 Å². The lowest BCUT2D eigenvalue weighted by molar-refractivity contribution is -0.138. The van der Waals surface area contributed by atoms with Gasteiger partial charge in [0.15, 0.2) is 0 Å². The molecule has 2 aromatic carbocycles. The van der Waals surface area contributed by atoms with Gasteiger partial charge in [0.25, 0.3) is 5.91 Å². The number of hydrogen-bond acceptors (Lipinski definition) is 9. The van der Waals surface area contributed by atoms with Crippen LogP contribution in [0.25, 0.3) is 0 Å². The number of carbonyl (C=O) groups is 2. The minimum Gasteiger partial charge on any atom is -0.508 e. The minimum absolute atomic E-state index is 0.00170. The van der Waals surface area contributed by atoms with Crippen LogP contribution in [0.5, 0.6) is 5.75 Å². The number of nitrogens with zero attached hydrogens (tertiary/aromatic N) is 3. The molecule has 14 heteroatoms. The molecule has 1 aromatic heterocycles. The summed E-state index contributed by atoms with van der Waals surface area (Å²) < 4.78 is 42.0. The number of benzene rings is 2. The van der Waals surface area contributed by atoms with Crippen molar-refractivity contribution in [3.63, 3.8) is 0 Å². The second kappa shape index (κ2) is 12.0. The lowest BCUT2D eigenvalue weighted by Crippen LogP contribution is -2.48. The summed E-state index contributed by atoms with van der Waals surface area (Å²) in [5.74, 6) is -2.58. The molecule has 2 unspecified atom stereocenters. The van der Waals surface area contributed by atoms with E-state index in [1.165, 1.54) is 12.1 Å². The van der Waals surface area contributed by atoms with E-state index in [0.717, 1.165) is 43.2 Å². The van der Waals surface area contributed by atoms with Crippen molar-refractivity contribution < 1.29 is 32.6 Å². The monoisotopic (exact) mass is 558 g/mol. The van der Waals surface area contributed by atoms with Crippen LogP contribution < -0.4 is 20.3 Å². The van der Waals surface area contributed by atoms with Crippen molar-refractivity contribution in [2.45, 2.75) is 29.8 Å². The van der Waals surface area contributed by atoms with Gasteiger partial charge < -0.3 is 25.7 Å². The summed E-state index contributed by atoms with van der Waals surface area (Å²) in [6.07, 6.45) is 4.92. The number of rotatable bonds is 10. The molecule has 4 rings (SSSR count). The number of sulfonamides is 1. The number of aromatic hydroxyl groups is 1. The second-order valence-electron chi connectivity index (χ2n) is 8.88. The fraction of sp³-hybridized carbons (Fsp3) is 0.280. The first-order chi connectivity index (χ1) is 18.6. The van der Waals surface area contributed by atoms with Gasteiger partial charge in [-0.1, -0.05) is 0 Å². The maximum absolute atomic E-state index is 15.0. The predicted octanol–water partition coefficient (Wildman–Crippen LogP) is 1.56. The number of phenolic OH excluding ortho intramolecular Hbond substituents is 1. The van der Waals surface area contributed by atoms with Crippen molar-refractivity contribution in [1.29, 1.82) is 0 Å². The number of carboxylic acids is 1. The van der Waals surface area contributed by atoms with E-state index in [2.05, 4.69) is 20.6 Å². The highest BCUT2D eigenvalue weighted by Crippen LogP contribution is 2.25. The molecule has 0 spiro atoms. The topological polar surface area (TPSA) is 174 Å². The average Bonchev–Trinajstić information content (AvgIpc) is 2.91. The van der Waals surface area contributed by atoms with Gasteiger partial charge >= 0.3 is 5.97 Å². The summed E-state index contributed by atoms with van der Waals surface area (Å²) in [7, 11) is -4.25. The molecular formula is C25H27FN6O6S. The minimum atomic E-state index is -4.25. The number of nitrogens with one attached hydrogen (secondary N) is 3. The van der Waals surface area contributed by atoms with Crippen LogP contribution in [-0.4, -0.2) is 72.2 Å². The van der Waals surface area contributed by atoms with Crippen LogP contribution in [0.1, 0.15) is 23.2 Å². The quantitative estimate of drug-likeness (QED) is 0.246. The van der Waals surface area contributed by atoms with Crippen molar-refractivity contribution in [2.24, 2.45) is 0 Å². The third kappa shape index (κ3) is 7.18. The molecule has 1 fully saturated rings. The molecule has 3 aromatic rings. The maximum Gasteiger partial charge on any atom is 0.323 e. The second-order valence-corrected chi connectivity index (χ2v) is 10.6. The van der Waals surface area contributed by atoms with Crippen molar-refractivity contribution >= 4 is 33.5 Å². The Labute approximate surface area is 224 Å². The van der Waals surface area contributed by atoms with Crippen LogP contribution in [0.15, 0.2) is 65.8 Å². The standard InChI is InChI=1S/C25H27FN6O6S/c26-20-13-16(4-9-22(20)32-12-1-3-17(15-32)30-25-27-10-2-11-28-25)23(34)29-14-21(24(35)36)31-39(37,38)19-7-5-18(33)6-8-19/h2,4-11,13,17,21,31,33H,1,3,12,14-15H2,(H,29,34)(H,35,36)(H,27,28,30). The molecular weight excluding hydrogens is 531 g/mol. The Morgan fingerprint density at radius 1 is 1.13 bits per heavy atom. The summed E-state index contributed by atoms with van der Waals surface area (Å²) in [6.45, 7) is 0.538. The maximum atomic E-state index is 15.0. The molecule has 1 aliphatic rings. The summed E-state index contributed by atoms with van der Waals surface area (Å²) in [5.41, 5.74) is 0.267. The fourth-order valence-corrected chi connectivity index (χ4v) is 5.32. The van der Waals surface area contributed by atoms with Crippen LogP contribution in [-0.2, 0) is 14.8 Å². The molecule has 2 heterocycles. The molecule has 0 bridgehead atoms. The molecule has 206 valence electrons. The van der Waals surface area contributed by atoms with Gasteiger partial charge in [-0.2, -0.15) is 4.72 Å². The van der Waals surface area contributed by atoms with E-state index in [1.807, 2.05) is 9.62 Å². The van der Waals surface area contributed by atoms with Gasteiger partial charge in [0.05, 0.1) is 10.6 Å². The number of aliphatic carboxylic acids is 1. The van der Waals surface area contributed by atoms with E-state index in [4.69, 9.17) is 0 Å². The van der Waals surface area contributed by atoms with Crippen molar-refractivity contribution in [3.05, 3.63) is 72.3 Å². The van der Waals surface area contributed by atoms with Crippen molar-refractivity contribution in [2.75, 3.05) is 29.9 Å². The van der Waals surface area contributed by atoms with Crippen LogP contribution in [0.4, 0.5) is 16.0 Å². The van der Waals surface area contributed by atoms with E-state index in [-0.39, 0.29) is 22.3 Å². The average molecular weight is 559 g/mol. The zero-order valence-corrected chi connectivity index (χ0v) is 21.4. The number of aromatic nitrogens is 2. The Hall–Kier alpha value is -4.30. The van der Waals surface area contributed by atoms with E-state index in [0.29, 0.717) is 24.7 Å². The molecule has 1 aliphatic heterocycles. The zero-order valence-electron chi connectivity index (χ0n) is 20.6. The summed E-state index contributed by atoms with van der Waals surface area (Å²) >= 11 is 0. The fourth-order valence-electron chi connectivity index (χ4n) is 4.13. The van der Waals surface area contributed by atoms with Crippen LogP contribution in [0.3, 0.4) is 0 Å². The first-order valence-corrected chi connectivity index (χ1v) is 13.5. The number of hydrogen-bond donors (Lipinski definition) is 5. The number of amides is 1. The Morgan fingerprint density at radius 3 is 2.51 bits per heavy atom. The summed E-state index contributed by atoms with van der Waals surface area (Å²) in [5, 5.41) is 24.4. The molecule has 1 amide bonds. The largest absolute Gasteiger partial charge is 0.508 e. The van der Waals surface area contributed by atoms with Gasteiger partial charge in [-0.25, -0.2) is 22.8 Å². The normalized spacial score (nSPS) is 16.3. The highest BCUT2D eigenvalue weighted by molar-refractivity contribution is 7.89. The molecule has 1 saturated heterocycles. The number of phenols is 1. The molecule has 39 heavy (non-hydrogen) atoms. The molecule has 2 atom stereocenters. The van der Waals surface area contributed by atoms with Gasteiger partial charge in [-0.05, 0) is 61.4 Å². The van der Waals surface area contributed by atoms with Crippen molar-refractivity contribution in [1.82, 2.24) is 20.0 Å². The summed E-state index contributed by atoms with van der Waals surface area (Å²) in [4.78, 5) is 34.2. The zero-order chi connectivity index (χ0) is 28.0. The Kier molecular flexibility index (Phi) is 8.56. The van der Waals surface area contributed by atoms with Gasteiger partial charge in [0.2, 0.25) is 16.0 Å². The summed E-state index contributed by atoms with van der Waals surface area (Å²) in [6, 6.07) is 8.47. The third-order valence-corrected chi connectivity index (χ3v) is 7.57. The van der Waals surface area contributed by atoms with Gasteiger partial charge in [-0.3, -0.25) is 9.59 Å². The van der Waals surface area contributed by atoms with Crippen molar-refractivity contribution in [3.8, 4) is 5.75 Å². The van der Waals surface area contributed by atoms with Gasteiger partial charge in [0.1, 0.15) is 17.6 Å². The van der Waals surface area contributed by atoms with Crippen LogP contribution in [0.2, 0.25) is 0 Å². The molecule has 0 radical (unpaired) electrons. The molecule has 5 N–H and O–H groups in total. The van der Waals surface area contributed by atoms with Crippen LogP contribution >= 0.6 is 0 Å². The Bertz CT molecular complexity index is 1420. The highest BCUT2D eigenvalue weighted by atomic mass is 32.2. The van der Waals surface area contributed by atoms with E-state index >= 15 is 4.39 Å². The Balaban J connectivity index is 1.37. The first kappa shape index (κ1) is 27.7. The Morgan fingerprint density at radius 2 is 1.85 bits per heavy atom. The lowest BCUT2D eigenvalue weighted by atomic mass is 10.0. The number of halogens is 1. The third-order valence-electron chi connectivity index (χ3n) is 6.08. The number of piperidine rings is 1. The van der Waals surface area contributed by atoms with E-state index in [9.17, 15) is 28.2 Å². The smallest absolute Gasteiger partial charge is 0.323 e. The molecule has 0 aliphatic carbocycles. The predicted molar refractivity (Wildman–Crippen MR) is 139 cm³/mol. The number of carboxylic acid groups (broad SMARTS) is 1. The van der Waals surface area contributed by atoms with E-state index < -0.39 is 40.3 Å². The molecule has 0 saturated carbocycles.